The zero-order valence-corrected chi connectivity index (χ0v) is 22.6. The van der Waals surface area contributed by atoms with Crippen molar-refractivity contribution in [2.45, 2.75) is 31.9 Å². The highest BCUT2D eigenvalue weighted by atomic mass is 19.1. The number of benzene rings is 2. The van der Waals surface area contributed by atoms with Gasteiger partial charge in [0.25, 0.3) is 0 Å². The fourth-order valence-corrected chi connectivity index (χ4v) is 5.64. The van der Waals surface area contributed by atoms with Gasteiger partial charge in [0.15, 0.2) is 5.65 Å². The minimum absolute atomic E-state index is 0.112. The first-order valence-electron chi connectivity index (χ1n) is 13.9. The molecule has 4 heterocycles. The maximum absolute atomic E-state index is 12.8. The summed E-state index contributed by atoms with van der Waals surface area (Å²) in [6.45, 7) is 6.79. The lowest BCUT2D eigenvalue weighted by molar-refractivity contribution is 0.162. The Balaban J connectivity index is 1.23. The molecule has 2 N–H and O–H groups in total. The molecule has 6 rings (SSSR count). The molecule has 9 nitrogen and oxygen atoms in total. The van der Waals surface area contributed by atoms with Crippen LogP contribution in [0.25, 0.3) is 33.8 Å². The molecule has 0 aliphatic carbocycles. The van der Waals surface area contributed by atoms with Crippen LogP contribution in [0, 0.1) is 11.3 Å². The van der Waals surface area contributed by atoms with Crippen LogP contribution in [0.2, 0.25) is 0 Å². The zero-order valence-electron chi connectivity index (χ0n) is 22.6. The average molecular weight is 541 g/mol. The second kappa shape index (κ2) is 11.6. The van der Waals surface area contributed by atoms with E-state index in [0.29, 0.717) is 41.1 Å². The smallest absolute Gasteiger partial charge is 0.181 e. The SMILES string of the molecule is CC1CN(c2ccc(-c3nc4ncnc(-c5ccc(OC6CCNCC6)c(C#N)c5)c4[nH]3)cc2)CCN1CCF. The number of hydrogen-bond donors (Lipinski definition) is 2. The summed E-state index contributed by atoms with van der Waals surface area (Å²) in [5.41, 5.74) is 5.34. The molecule has 2 aromatic heterocycles. The van der Waals surface area contributed by atoms with Gasteiger partial charge in [0, 0.05) is 49.0 Å². The van der Waals surface area contributed by atoms with E-state index in [2.05, 4.69) is 67.3 Å². The third-order valence-corrected chi connectivity index (χ3v) is 7.88. The van der Waals surface area contributed by atoms with E-state index in [-0.39, 0.29) is 12.8 Å². The third-order valence-electron chi connectivity index (χ3n) is 7.88. The number of fused-ring (bicyclic) bond motifs is 1. The first kappa shape index (κ1) is 26.2. The van der Waals surface area contributed by atoms with Gasteiger partial charge >= 0.3 is 0 Å². The molecule has 2 fully saturated rings. The summed E-state index contributed by atoms with van der Waals surface area (Å²) >= 11 is 0. The summed E-state index contributed by atoms with van der Waals surface area (Å²) in [5.74, 6) is 1.31. The van der Waals surface area contributed by atoms with Crippen LogP contribution in [-0.2, 0) is 0 Å². The number of nitrogens with one attached hydrogen (secondary N) is 2. The highest BCUT2D eigenvalue weighted by molar-refractivity contribution is 5.89. The Kier molecular flexibility index (Phi) is 7.58. The largest absolute Gasteiger partial charge is 0.489 e. The van der Waals surface area contributed by atoms with Crippen molar-refractivity contribution in [3.05, 3.63) is 54.4 Å². The van der Waals surface area contributed by atoms with Gasteiger partial charge in [0.2, 0.25) is 0 Å². The van der Waals surface area contributed by atoms with Gasteiger partial charge in [-0.3, -0.25) is 4.90 Å². The number of nitriles is 1. The molecule has 1 atom stereocenters. The topological polar surface area (TPSA) is 106 Å². The summed E-state index contributed by atoms with van der Waals surface area (Å²) in [5, 5.41) is 13.2. The summed E-state index contributed by atoms with van der Waals surface area (Å²) in [7, 11) is 0. The maximum atomic E-state index is 12.8. The molecule has 0 radical (unpaired) electrons. The van der Waals surface area contributed by atoms with Crippen molar-refractivity contribution in [3.63, 3.8) is 0 Å². The molecule has 2 aliphatic heterocycles. The summed E-state index contributed by atoms with van der Waals surface area (Å²) in [6.07, 6.45) is 3.46. The number of piperidine rings is 1. The van der Waals surface area contributed by atoms with Crippen molar-refractivity contribution in [1.82, 2.24) is 30.2 Å². The fraction of sp³-hybridized carbons (Fsp3) is 0.400. The van der Waals surface area contributed by atoms with Crippen LogP contribution in [0.15, 0.2) is 48.8 Å². The molecule has 206 valence electrons. The summed E-state index contributed by atoms with van der Waals surface area (Å²) in [6, 6.07) is 16.5. The number of imidazole rings is 1. The number of hydrogen-bond acceptors (Lipinski definition) is 8. The van der Waals surface area contributed by atoms with Crippen LogP contribution >= 0.6 is 0 Å². The molecule has 0 saturated carbocycles. The number of aromatic nitrogens is 4. The Morgan fingerprint density at radius 2 is 1.88 bits per heavy atom. The van der Waals surface area contributed by atoms with Crippen LogP contribution in [-0.4, -0.2) is 82.9 Å². The normalized spacial score (nSPS) is 18.6. The number of ether oxygens (including phenoxy) is 1. The van der Waals surface area contributed by atoms with Crippen molar-refractivity contribution in [2.24, 2.45) is 0 Å². The second-order valence-electron chi connectivity index (χ2n) is 10.5. The lowest BCUT2D eigenvalue weighted by atomic mass is 10.1. The monoisotopic (exact) mass is 540 g/mol. The lowest BCUT2D eigenvalue weighted by Crippen LogP contribution is -2.52. The zero-order chi connectivity index (χ0) is 27.5. The molecule has 2 saturated heterocycles. The fourth-order valence-electron chi connectivity index (χ4n) is 5.64. The Hall–Kier alpha value is -4.07. The molecule has 0 spiro atoms. The second-order valence-corrected chi connectivity index (χ2v) is 10.5. The average Bonchev–Trinajstić information content (AvgIpc) is 3.44. The Bertz CT molecular complexity index is 1510. The summed E-state index contributed by atoms with van der Waals surface area (Å²) in [4.78, 5) is 21.6. The number of alkyl halides is 1. The van der Waals surface area contributed by atoms with Crippen molar-refractivity contribution < 1.29 is 9.13 Å². The van der Waals surface area contributed by atoms with Crippen LogP contribution in [0.3, 0.4) is 0 Å². The minimum atomic E-state index is -0.305. The quantitative estimate of drug-likeness (QED) is 0.360. The molecule has 0 amide bonds. The molecule has 2 aliphatic rings. The van der Waals surface area contributed by atoms with Crippen molar-refractivity contribution in [3.8, 4) is 34.5 Å². The predicted molar refractivity (Wildman–Crippen MR) is 153 cm³/mol. The number of H-pyrrole nitrogens is 1. The van der Waals surface area contributed by atoms with Gasteiger partial charge in [-0.1, -0.05) is 0 Å². The van der Waals surface area contributed by atoms with Gasteiger partial charge in [-0.2, -0.15) is 5.26 Å². The lowest BCUT2D eigenvalue weighted by Gasteiger charge is -2.40. The van der Waals surface area contributed by atoms with Crippen molar-refractivity contribution >= 4 is 16.9 Å². The number of aromatic amines is 1. The number of anilines is 1. The van der Waals surface area contributed by atoms with Gasteiger partial charge in [-0.25, -0.2) is 19.3 Å². The molecule has 40 heavy (non-hydrogen) atoms. The van der Waals surface area contributed by atoms with E-state index in [1.807, 2.05) is 18.2 Å². The van der Waals surface area contributed by atoms with E-state index in [4.69, 9.17) is 9.72 Å². The van der Waals surface area contributed by atoms with Gasteiger partial charge in [-0.15, -0.1) is 0 Å². The highest BCUT2D eigenvalue weighted by Gasteiger charge is 2.24. The van der Waals surface area contributed by atoms with E-state index in [0.717, 1.165) is 67.9 Å². The van der Waals surface area contributed by atoms with Crippen LogP contribution in [0.1, 0.15) is 25.3 Å². The highest BCUT2D eigenvalue weighted by Crippen LogP contribution is 2.31. The van der Waals surface area contributed by atoms with Crippen LogP contribution in [0.5, 0.6) is 5.75 Å². The van der Waals surface area contributed by atoms with Gasteiger partial charge in [0.05, 0.1) is 11.3 Å². The number of piperazine rings is 1. The minimum Gasteiger partial charge on any atom is -0.489 e. The molecular formula is C30H33FN8O. The maximum Gasteiger partial charge on any atom is 0.181 e. The molecule has 0 bridgehead atoms. The van der Waals surface area contributed by atoms with Crippen molar-refractivity contribution in [2.75, 3.05) is 50.8 Å². The van der Waals surface area contributed by atoms with Gasteiger partial charge in [0.1, 0.15) is 42.3 Å². The van der Waals surface area contributed by atoms with E-state index in [1.54, 1.807) is 0 Å². The Labute approximate surface area is 233 Å². The summed E-state index contributed by atoms with van der Waals surface area (Å²) < 4.78 is 19.0. The van der Waals surface area contributed by atoms with E-state index < -0.39 is 0 Å². The number of nitrogens with zero attached hydrogens (tertiary/aromatic N) is 6. The van der Waals surface area contributed by atoms with E-state index >= 15 is 0 Å². The molecule has 10 heteroatoms. The van der Waals surface area contributed by atoms with E-state index in [9.17, 15) is 9.65 Å². The number of rotatable bonds is 7. The Morgan fingerprint density at radius 1 is 1.07 bits per heavy atom. The first-order valence-corrected chi connectivity index (χ1v) is 13.9. The van der Waals surface area contributed by atoms with E-state index in [1.165, 1.54) is 6.33 Å². The number of halogens is 1. The molecular weight excluding hydrogens is 507 g/mol. The van der Waals surface area contributed by atoms with Gasteiger partial charge < -0.3 is 19.9 Å². The first-order chi connectivity index (χ1) is 19.6. The molecule has 1 unspecified atom stereocenters. The standard InChI is InChI=1S/C30H33FN8O/c1-20-18-39(15-14-38(20)13-10-31)24-5-2-21(3-6-24)29-36-28-27(34-19-35-30(28)37-29)22-4-7-26(23(16-22)17-32)40-25-8-11-33-12-9-25/h2-7,16,19-20,25,33H,8-15,18H2,1H3,(H,34,35,36,37). The van der Waals surface area contributed by atoms with Crippen molar-refractivity contribution in [1.29, 1.82) is 5.26 Å². The third kappa shape index (κ3) is 5.35. The van der Waals surface area contributed by atoms with Crippen LogP contribution in [0.4, 0.5) is 10.1 Å². The van der Waals surface area contributed by atoms with Crippen LogP contribution < -0.4 is 15.0 Å². The van der Waals surface area contributed by atoms with Gasteiger partial charge in [-0.05, 0) is 75.3 Å². The molecule has 2 aromatic carbocycles. The molecule has 4 aromatic rings. The predicted octanol–water partition coefficient (Wildman–Crippen LogP) is 4.17. The Morgan fingerprint density at radius 3 is 2.62 bits per heavy atom.